The molecule has 1 saturated carbocycles. The van der Waals surface area contributed by atoms with E-state index in [1.165, 1.54) is 0 Å². The van der Waals surface area contributed by atoms with Gasteiger partial charge in [-0.1, -0.05) is 0 Å². The van der Waals surface area contributed by atoms with Gasteiger partial charge in [-0.3, -0.25) is 0 Å². The van der Waals surface area contributed by atoms with Crippen LogP contribution < -0.4 is 14.8 Å². The average molecular weight is 237 g/mol. The van der Waals surface area contributed by atoms with Gasteiger partial charge in [0.1, 0.15) is 0 Å². The van der Waals surface area contributed by atoms with E-state index in [1.54, 1.807) is 6.92 Å². The summed E-state index contributed by atoms with van der Waals surface area (Å²) in [6.45, 7) is 2.98. The van der Waals surface area contributed by atoms with Crippen LogP contribution in [-0.2, 0) is 10.2 Å². The third kappa shape index (κ3) is 6.80. The lowest BCUT2D eigenvalue weighted by atomic mass is 10.4. The highest BCUT2D eigenvalue weighted by Crippen LogP contribution is 2.19. The summed E-state index contributed by atoms with van der Waals surface area (Å²) in [5.74, 6) is 0. The topological polar surface area (TPSA) is 90.5 Å². The van der Waals surface area contributed by atoms with Crippen molar-refractivity contribution < 1.29 is 13.5 Å². The first-order valence-electron chi connectivity index (χ1n) is 5.15. The van der Waals surface area contributed by atoms with Gasteiger partial charge in [-0.25, -0.2) is 4.72 Å². The fraction of sp³-hybridized carbons (Fsp3) is 1.00. The first kappa shape index (κ1) is 12.9. The molecule has 0 spiro atoms. The zero-order valence-corrected chi connectivity index (χ0v) is 9.68. The van der Waals surface area contributed by atoms with Crippen molar-refractivity contribution in [1.82, 2.24) is 14.8 Å². The predicted octanol–water partition coefficient (Wildman–Crippen LogP) is -1.46. The zero-order chi connectivity index (χ0) is 11.3. The van der Waals surface area contributed by atoms with Crippen LogP contribution >= 0.6 is 0 Å². The molecule has 6 nitrogen and oxygen atoms in total. The van der Waals surface area contributed by atoms with Crippen LogP contribution in [0.3, 0.4) is 0 Å². The number of rotatable bonds is 8. The first-order chi connectivity index (χ1) is 6.99. The molecule has 7 heteroatoms. The minimum absolute atomic E-state index is 0.132. The molecule has 1 unspecified atom stereocenters. The normalized spacial score (nSPS) is 19.1. The Labute approximate surface area is 90.6 Å². The fourth-order valence-corrected chi connectivity index (χ4v) is 2.18. The first-order valence-corrected chi connectivity index (χ1v) is 6.63. The Kier molecular flexibility index (Phi) is 4.94. The minimum Gasteiger partial charge on any atom is -0.392 e. The van der Waals surface area contributed by atoms with E-state index in [2.05, 4.69) is 14.8 Å². The van der Waals surface area contributed by atoms with Crippen LogP contribution in [0.25, 0.3) is 0 Å². The van der Waals surface area contributed by atoms with Gasteiger partial charge in [0.05, 0.1) is 6.10 Å². The van der Waals surface area contributed by atoms with E-state index in [0.717, 1.165) is 12.8 Å². The van der Waals surface area contributed by atoms with Crippen LogP contribution in [0.5, 0.6) is 0 Å². The highest BCUT2D eigenvalue weighted by Gasteiger charge is 2.26. The van der Waals surface area contributed by atoms with Crippen molar-refractivity contribution in [2.45, 2.75) is 31.9 Å². The predicted molar refractivity (Wildman–Crippen MR) is 57.6 cm³/mol. The van der Waals surface area contributed by atoms with Gasteiger partial charge in [-0.15, -0.1) is 0 Å². The van der Waals surface area contributed by atoms with E-state index in [0.29, 0.717) is 19.6 Å². The van der Waals surface area contributed by atoms with Gasteiger partial charge in [-0.2, -0.15) is 13.1 Å². The van der Waals surface area contributed by atoms with E-state index in [1.807, 2.05) is 0 Å². The SMILES string of the molecule is CC(O)CNCCNS(=O)(=O)NC1CC1. The Balaban J connectivity index is 2.02. The average Bonchev–Trinajstić information content (AvgIpc) is 2.86. The lowest BCUT2D eigenvalue weighted by Crippen LogP contribution is -2.41. The van der Waals surface area contributed by atoms with Crippen molar-refractivity contribution >= 4 is 10.2 Å². The molecule has 0 aromatic rings. The molecule has 1 rings (SSSR count). The fourth-order valence-electron chi connectivity index (χ4n) is 1.05. The molecular weight excluding hydrogens is 218 g/mol. The van der Waals surface area contributed by atoms with E-state index < -0.39 is 16.3 Å². The summed E-state index contributed by atoms with van der Waals surface area (Å²) < 4.78 is 27.5. The van der Waals surface area contributed by atoms with Crippen molar-refractivity contribution in [2.75, 3.05) is 19.6 Å². The van der Waals surface area contributed by atoms with Crippen molar-refractivity contribution in [3.8, 4) is 0 Å². The van der Waals surface area contributed by atoms with Gasteiger partial charge in [0.25, 0.3) is 10.2 Å². The smallest absolute Gasteiger partial charge is 0.277 e. The van der Waals surface area contributed by atoms with E-state index in [4.69, 9.17) is 5.11 Å². The maximum absolute atomic E-state index is 11.3. The highest BCUT2D eigenvalue weighted by atomic mass is 32.2. The standard InChI is InChI=1S/C8H19N3O3S/c1-7(12)6-9-4-5-10-15(13,14)11-8-2-3-8/h7-12H,2-6H2,1H3. The third-order valence-corrected chi connectivity index (χ3v) is 3.16. The summed E-state index contributed by atoms with van der Waals surface area (Å²) in [7, 11) is -3.32. The van der Waals surface area contributed by atoms with Gasteiger partial charge >= 0.3 is 0 Å². The molecule has 15 heavy (non-hydrogen) atoms. The Morgan fingerprint density at radius 3 is 2.60 bits per heavy atom. The van der Waals surface area contributed by atoms with E-state index in [-0.39, 0.29) is 6.04 Å². The lowest BCUT2D eigenvalue weighted by molar-refractivity contribution is 0.192. The van der Waals surface area contributed by atoms with Gasteiger partial charge in [-0.05, 0) is 19.8 Å². The zero-order valence-electron chi connectivity index (χ0n) is 8.86. The molecule has 0 saturated heterocycles. The lowest BCUT2D eigenvalue weighted by Gasteiger charge is -2.09. The number of nitrogens with one attached hydrogen (secondary N) is 3. The van der Waals surface area contributed by atoms with Crippen LogP contribution in [0.2, 0.25) is 0 Å². The number of hydrogen-bond donors (Lipinski definition) is 4. The van der Waals surface area contributed by atoms with Gasteiger partial charge in [0.2, 0.25) is 0 Å². The van der Waals surface area contributed by atoms with Crippen molar-refractivity contribution in [3.05, 3.63) is 0 Å². The van der Waals surface area contributed by atoms with Crippen LogP contribution in [0.4, 0.5) is 0 Å². The molecule has 0 heterocycles. The van der Waals surface area contributed by atoms with Gasteiger partial charge in [0, 0.05) is 25.7 Å². The molecule has 4 N–H and O–H groups in total. The molecule has 0 amide bonds. The van der Waals surface area contributed by atoms with E-state index in [9.17, 15) is 8.42 Å². The molecule has 0 radical (unpaired) electrons. The van der Waals surface area contributed by atoms with Crippen molar-refractivity contribution in [3.63, 3.8) is 0 Å². The molecule has 1 aliphatic rings. The molecule has 1 atom stereocenters. The molecular formula is C8H19N3O3S. The van der Waals surface area contributed by atoms with Crippen LogP contribution in [0.15, 0.2) is 0 Å². The summed E-state index contributed by atoms with van der Waals surface area (Å²) >= 11 is 0. The number of hydrogen-bond acceptors (Lipinski definition) is 4. The quantitative estimate of drug-likeness (QED) is 0.389. The molecule has 0 bridgehead atoms. The Bertz CT molecular complexity index is 275. The monoisotopic (exact) mass is 237 g/mol. The van der Waals surface area contributed by atoms with Crippen LogP contribution in [0, 0.1) is 0 Å². The summed E-state index contributed by atoms with van der Waals surface area (Å²) in [5.41, 5.74) is 0. The second-order valence-electron chi connectivity index (χ2n) is 3.84. The molecule has 0 aliphatic heterocycles. The maximum Gasteiger partial charge on any atom is 0.277 e. The van der Waals surface area contributed by atoms with Crippen molar-refractivity contribution in [2.24, 2.45) is 0 Å². The second kappa shape index (κ2) is 5.76. The van der Waals surface area contributed by atoms with Crippen LogP contribution in [-0.4, -0.2) is 45.3 Å². The molecule has 1 aliphatic carbocycles. The largest absolute Gasteiger partial charge is 0.392 e. The van der Waals surface area contributed by atoms with Crippen LogP contribution in [0.1, 0.15) is 19.8 Å². The second-order valence-corrected chi connectivity index (χ2v) is 5.37. The maximum atomic E-state index is 11.3. The van der Waals surface area contributed by atoms with E-state index >= 15 is 0 Å². The molecule has 0 aromatic heterocycles. The summed E-state index contributed by atoms with van der Waals surface area (Å²) in [6, 6.07) is 0.132. The molecule has 90 valence electrons. The molecule has 0 aromatic carbocycles. The summed E-state index contributed by atoms with van der Waals surface area (Å²) in [5, 5.41) is 11.8. The number of aliphatic hydroxyl groups is 1. The number of aliphatic hydroxyl groups excluding tert-OH is 1. The highest BCUT2D eigenvalue weighted by molar-refractivity contribution is 7.87. The van der Waals surface area contributed by atoms with Gasteiger partial charge in [0.15, 0.2) is 0 Å². The summed E-state index contributed by atoms with van der Waals surface area (Å²) in [6.07, 6.45) is 1.45. The van der Waals surface area contributed by atoms with Crippen molar-refractivity contribution in [1.29, 1.82) is 0 Å². The summed E-state index contributed by atoms with van der Waals surface area (Å²) in [4.78, 5) is 0. The third-order valence-electron chi connectivity index (χ3n) is 1.93. The Morgan fingerprint density at radius 1 is 1.40 bits per heavy atom. The Morgan fingerprint density at radius 2 is 2.07 bits per heavy atom. The minimum atomic E-state index is -3.32. The molecule has 1 fully saturated rings. The Hall–Kier alpha value is -0.210. The van der Waals surface area contributed by atoms with Gasteiger partial charge < -0.3 is 10.4 Å².